The van der Waals surface area contributed by atoms with Gasteiger partial charge in [-0.15, -0.1) is 0 Å². The van der Waals surface area contributed by atoms with Crippen LogP contribution in [0, 0.1) is 11.8 Å². The number of aliphatic hydroxyl groups is 3. The number of hydrogen-bond acceptors (Lipinski definition) is 5. The van der Waals surface area contributed by atoms with E-state index in [1.54, 1.807) is 24.3 Å². The van der Waals surface area contributed by atoms with Gasteiger partial charge in [-0.1, -0.05) is 76.5 Å². The summed E-state index contributed by atoms with van der Waals surface area (Å²) in [5.74, 6) is -0.421. The number of aliphatic hydroxyl groups excluding tert-OH is 3. The lowest BCUT2D eigenvalue weighted by molar-refractivity contribution is -0.00252. The summed E-state index contributed by atoms with van der Waals surface area (Å²) < 4.78 is 26.9. The van der Waals surface area contributed by atoms with Gasteiger partial charge in [0.2, 0.25) is 0 Å². The van der Waals surface area contributed by atoms with Crippen molar-refractivity contribution in [2.75, 3.05) is 13.2 Å². The normalized spacial score (nSPS) is 25.4. The van der Waals surface area contributed by atoms with Crippen LogP contribution >= 0.6 is 0 Å². The predicted octanol–water partition coefficient (Wildman–Crippen LogP) is 4.49. The van der Waals surface area contributed by atoms with Crippen molar-refractivity contribution in [2.45, 2.75) is 99.7 Å². The number of rotatable bonds is 14. The van der Waals surface area contributed by atoms with Crippen molar-refractivity contribution < 1.29 is 23.7 Å². The van der Waals surface area contributed by atoms with Crippen LogP contribution in [0.3, 0.4) is 0 Å². The molecule has 0 aliphatic heterocycles. The van der Waals surface area contributed by atoms with E-state index in [0.717, 1.165) is 64.2 Å². The van der Waals surface area contributed by atoms with Gasteiger partial charge in [-0.25, -0.2) is 8.42 Å². The Labute approximate surface area is 188 Å². The molecule has 5 nitrogen and oxygen atoms in total. The molecule has 1 fully saturated rings. The van der Waals surface area contributed by atoms with Gasteiger partial charge in [-0.05, 0) is 49.7 Å². The summed E-state index contributed by atoms with van der Waals surface area (Å²) in [6.45, 7) is 1.90. The van der Waals surface area contributed by atoms with Gasteiger partial charge in [0.1, 0.15) is 0 Å². The van der Waals surface area contributed by atoms with Crippen LogP contribution in [-0.4, -0.2) is 47.8 Å². The molecular formula is C25H42O5S. The first-order valence-electron chi connectivity index (χ1n) is 12.1. The summed E-state index contributed by atoms with van der Waals surface area (Å²) >= 11 is 0. The number of hydrogen-bond donors (Lipinski definition) is 3. The Hall–Kier alpha value is -0.950. The molecule has 0 spiro atoms. The lowest BCUT2D eigenvalue weighted by Crippen LogP contribution is -2.52. The molecule has 0 aromatic heterocycles. The molecule has 0 bridgehead atoms. The van der Waals surface area contributed by atoms with Crippen molar-refractivity contribution in [1.29, 1.82) is 0 Å². The van der Waals surface area contributed by atoms with E-state index in [4.69, 9.17) is 5.11 Å². The third-order valence-electron chi connectivity index (χ3n) is 7.39. The molecule has 2 rings (SSSR count). The smallest absolute Gasteiger partial charge is 0.184 e. The van der Waals surface area contributed by atoms with Gasteiger partial charge >= 0.3 is 0 Å². The molecule has 1 aliphatic carbocycles. The van der Waals surface area contributed by atoms with Crippen molar-refractivity contribution in [2.24, 2.45) is 11.8 Å². The number of sulfone groups is 1. The Morgan fingerprint density at radius 2 is 1.55 bits per heavy atom. The summed E-state index contributed by atoms with van der Waals surface area (Å²) in [5.41, 5.74) is 0. The monoisotopic (exact) mass is 454 g/mol. The SMILES string of the molecule is CC1C(C(O)CO)CCCC1(CCCCCCCCCCO)S(=O)(=O)c1ccccc1. The maximum atomic E-state index is 13.9. The van der Waals surface area contributed by atoms with Gasteiger partial charge in [0, 0.05) is 6.61 Å². The van der Waals surface area contributed by atoms with E-state index >= 15 is 0 Å². The molecule has 1 aliphatic rings. The van der Waals surface area contributed by atoms with Gasteiger partial charge in [0.15, 0.2) is 9.84 Å². The van der Waals surface area contributed by atoms with Crippen LogP contribution in [0.4, 0.5) is 0 Å². The number of benzene rings is 1. The van der Waals surface area contributed by atoms with Crippen molar-refractivity contribution in [1.82, 2.24) is 0 Å². The second kappa shape index (κ2) is 12.9. The molecule has 0 amide bonds. The average Bonchev–Trinajstić information content (AvgIpc) is 2.79. The van der Waals surface area contributed by atoms with Crippen LogP contribution in [0.2, 0.25) is 0 Å². The summed E-state index contributed by atoms with van der Waals surface area (Å²) in [6, 6.07) is 8.73. The van der Waals surface area contributed by atoms with Crippen LogP contribution in [0.15, 0.2) is 35.2 Å². The molecule has 4 atom stereocenters. The highest BCUT2D eigenvalue weighted by Gasteiger charge is 2.53. The highest BCUT2D eigenvalue weighted by atomic mass is 32.2. The van der Waals surface area contributed by atoms with Crippen molar-refractivity contribution >= 4 is 9.84 Å². The fourth-order valence-electron chi connectivity index (χ4n) is 5.46. The minimum Gasteiger partial charge on any atom is -0.396 e. The molecule has 1 saturated carbocycles. The largest absolute Gasteiger partial charge is 0.396 e. The van der Waals surface area contributed by atoms with Crippen molar-refractivity contribution in [3.05, 3.63) is 30.3 Å². The van der Waals surface area contributed by atoms with Crippen molar-refractivity contribution in [3.63, 3.8) is 0 Å². The first-order chi connectivity index (χ1) is 14.9. The Morgan fingerprint density at radius 1 is 0.968 bits per heavy atom. The van der Waals surface area contributed by atoms with E-state index in [0.29, 0.717) is 17.7 Å². The molecule has 4 unspecified atom stereocenters. The van der Waals surface area contributed by atoms with Gasteiger partial charge in [-0.2, -0.15) is 0 Å². The highest BCUT2D eigenvalue weighted by molar-refractivity contribution is 7.92. The van der Waals surface area contributed by atoms with Gasteiger partial charge in [0.05, 0.1) is 22.4 Å². The van der Waals surface area contributed by atoms with E-state index < -0.39 is 20.7 Å². The third kappa shape index (κ3) is 6.53. The highest BCUT2D eigenvalue weighted by Crippen LogP contribution is 2.49. The van der Waals surface area contributed by atoms with Crippen LogP contribution in [-0.2, 0) is 9.84 Å². The van der Waals surface area contributed by atoms with E-state index in [-0.39, 0.29) is 25.0 Å². The lowest BCUT2D eigenvalue weighted by Gasteiger charge is -2.47. The quantitative estimate of drug-likeness (QED) is 0.360. The second-order valence-electron chi connectivity index (χ2n) is 9.28. The van der Waals surface area contributed by atoms with E-state index in [9.17, 15) is 18.6 Å². The zero-order valence-electron chi connectivity index (χ0n) is 19.1. The van der Waals surface area contributed by atoms with Crippen LogP contribution in [0.5, 0.6) is 0 Å². The molecule has 0 radical (unpaired) electrons. The lowest BCUT2D eigenvalue weighted by atomic mass is 9.68. The number of unbranched alkanes of at least 4 members (excludes halogenated alkanes) is 7. The summed E-state index contributed by atoms with van der Waals surface area (Å²) in [4.78, 5) is 0.366. The summed E-state index contributed by atoms with van der Waals surface area (Å²) in [7, 11) is -3.57. The maximum absolute atomic E-state index is 13.9. The van der Waals surface area contributed by atoms with Gasteiger partial charge < -0.3 is 15.3 Å². The zero-order chi connectivity index (χ0) is 22.7. The van der Waals surface area contributed by atoms with E-state index in [1.165, 1.54) is 0 Å². The Bertz CT molecular complexity index is 721. The van der Waals surface area contributed by atoms with E-state index in [2.05, 4.69) is 0 Å². The minimum atomic E-state index is -3.57. The van der Waals surface area contributed by atoms with Gasteiger partial charge in [0.25, 0.3) is 0 Å². The fourth-order valence-corrected chi connectivity index (χ4v) is 7.94. The van der Waals surface area contributed by atoms with Gasteiger partial charge in [-0.3, -0.25) is 0 Å². The Kier molecular flexibility index (Phi) is 11.0. The summed E-state index contributed by atoms with van der Waals surface area (Å²) in [6.07, 6.45) is 10.2. The predicted molar refractivity (Wildman–Crippen MR) is 125 cm³/mol. The Morgan fingerprint density at radius 3 is 2.13 bits per heavy atom. The molecule has 0 heterocycles. The zero-order valence-corrected chi connectivity index (χ0v) is 19.9. The first-order valence-corrected chi connectivity index (χ1v) is 13.6. The molecule has 0 saturated heterocycles. The molecule has 1 aromatic rings. The maximum Gasteiger partial charge on any atom is 0.184 e. The summed E-state index contributed by atoms with van der Waals surface area (Å²) in [5, 5.41) is 28.8. The van der Waals surface area contributed by atoms with Crippen molar-refractivity contribution in [3.8, 4) is 0 Å². The van der Waals surface area contributed by atoms with Crippen LogP contribution < -0.4 is 0 Å². The minimum absolute atomic E-state index is 0.205. The Balaban J connectivity index is 2.11. The topological polar surface area (TPSA) is 94.8 Å². The third-order valence-corrected chi connectivity index (χ3v) is 10.1. The van der Waals surface area contributed by atoms with Crippen LogP contribution in [0.1, 0.15) is 84.0 Å². The molecular weight excluding hydrogens is 412 g/mol. The molecule has 6 heteroatoms. The molecule has 178 valence electrons. The standard InChI is InChI=1S/C25H42O5S/c1-21-23(24(28)20-27)16-13-18-25(21,31(29,30)22-14-9-8-10-15-22)17-11-6-4-2-3-5-7-12-19-26/h8-10,14-15,21,23-24,26-28H,2-7,11-13,16-20H2,1H3. The second-order valence-corrected chi connectivity index (χ2v) is 11.6. The molecule has 1 aromatic carbocycles. The molecule has 3 N–H and O–H groups in total. The fraction of sp³-hybridized carbons (Fsp3) is 0.760. The average molecular weight is 455 g/mol. The molecule has 31 heavy (non-hydrogen) atoms. The van der Waals surface area contributed by atoms with E-state index in [1.807, 2.05) is 13.0 Å². The first kappa shape index (κ1) is 26.3. The van der Waals surface area contributed by atoms with Crippen LogP contribution in [0.25, 0.3) is 0 Å².